The molecule has 0 saturated heterocycles. The molecule has 0 amide bonds. The lowest BCUT2D eigenvalue weighted by molar-refractivity contribution is 0.779. The lowest BCUT2D eigenvalue weighted by Crippen LogP contribution is -1.99. The molecular formula is C8H7ClN4. The van der Waals surface area contributed by atoms with E-state index in [1.54, 1.807) is 10.7 Å². The van der Waals surface area contributed by atoms with Crippen molar-refractivity contribution in [2.24, 2.45) is 0 Å². The van der Waals surface area contributed by atoms with Crippen molar-refractivity contribution in [3.63, 3.8) is 0 Å². The van der Waals surface area contributed by atoms with Crippen LogP contribution in [0.2, 0.25) is 5.02 Å². The van der Waals surface area contributed by atoms with E-state index in [0.717, 1.165) is 5.69 Å². The van der Waals surface area contributed by atoms with Gasteiger partial charge in [-0.05, 0) is 29.5 Å². The molecule has 13 heavy (non-hydrogen) atoms. The Labute approximate surface area is 80.1 Å². The number of tetrazole rings is 1. The second-order valence-electron chi connectivity index (χ2n) is 2.59. The van der Waals surface area contributed by atoms with Gasteiger partial charge in [-0.3, -0.25) is 0 Å². The average Bonchev–Trinajstić information content (AvgIpc) is 2.52. The molecule has 5 heteroatoms. The lowest BCUT2D eigenvalue weighted by Gasteiger charge is -2.02. The van der Waals surface area contributed by atoms with Crippen molar-refractivity contribution in [1.29, 1.82) is 0 Å². The summed E-state index contributed by atoms with van der Waals surface area (Å²) in [5.41, 5.74) is 0.798. The molecule has 0 saturated carbocycles. The SMILES string of the molecule is Cc1nnnn1-c1ccccc1Cl. The van der Waals surface area contributed by atoms with E-state index in [4.69, 9.17) is 11.6 Å². The predicted molar refractivity (Wildman–Crippen MR) is 48.9 cm³/mol. The van der Waals surface area contributed by atoms with Gasteiger partial charge in [-0.25, -0.2) is 0 Å². The standard InChI is InChI=1S/C8H7ClN4/c1-6-10-11-12-13(6)8-5-3-2-4-7(8)9/h2-5H,1H3. The van der Waals surface area contributed by atoms with Crippen LogP contribution in [0.25, 0.3) is 5.69 Å². The number of hydrogen-bond donors (Lipinski definition) is 0. The highest BCUT2D eigenvalue weighted by atomic mass is 35.5. The molecule has 0 atom stereocenters. The zero-order valence-electron chi connectivity index (χ0n) is 6.98. The maximum absolute atomic E-state index is 5.97. The van der Waals surface area contributed by atoms with E-state index >= 15 is 0 Å². The summed E-state index contributed by atoms with van der Waals surface area (Å²) in [6.07, 6.45) is 0. The zero-order chi connectivity index (χ0) is 9.26. The van der Waals surface area contributed by atoms with Crippen LogP contribution in [-0.4, -0.2) is 20.2 Å². The highest BCUT2D eigenvalue weighted by Gasteiger charge is 2.05. The Morgan fingerprint density at radius 1 is 1.31 bits per heavy atom. The molecule has 2 aromatic rings. The summed E-state index contributed by atoms with van der Waals surface area (Å²) < 4.78 is 1.60. The smallest absolute Gasteiger partial charge is 0.153 e. The molecule has 2 rings (SSSR count). The van der Waals surface area contributed by atoms with Gasteiger partial charge in [0.1, 0.15) is 0 Å². The van der Waals surface area contributed by atoms with E-state index < -0.39 is 0 Å². The summed E-state index contributed by atoms with van der Waals surface area (Å²) >= 11 is 5.97. The minimum atomic E-state index is 0.637. The first-order valence-corrected chi connectivity index (χ1v) is 4.17. The second-order valence-corrected chi connectivity index (χ2v) is 3.00. The van der Waals surface area contributed by atoms with Crippen LogP contribution in [-0.2, 0) is 0 Å². The number of halogens is 1. The van der Waals surface area contributed by atoms with Crippen molar-refractivity contribution in [1.82, 2.24) is 20.2 Å². The normalized spacial score (nSPS) is 10.3. The third kappa shape index (κ3) is 1.40. The number of hydrogen-bond acceptors (Lipinski definition) is 3. The van der Waals surface area contributed by atoms with E-state index in [1.165, 1.54) is 0 Å². The molecular weight excluding hydrogens is 188 g/mol. The van der Waals surface area contributed by atoms with Gasteiger partial charge in [0, 0.05) is 0 Å². The van der Waals surface area contributed by atoms with Crippen LogP contribution in [0.4, 0.5) is 0 Å². The molecule has 0 unspecified atom stereocenters. The summed E-state index contributed by atoms with van der Waals surface area (Å²) in [6, 6.07) is 7.43. The molecule has 0 radical (unpaired) electrons. The van der Waals surface area contributed by atoms with Crippen molar-refractivity contribution in [3.05, 3.63) is 35.1 Å². The number of nitrogens with zero attached hydrogens (tertiary/aromatic N) is 4. The summed E-state index contributed by atoms with van der Waals surface area (Å²) in [7, 11) is 0. The first kappa shape index (κ1) is 8.19. The van der Waals surface area contributed by atoms with Crippen molar-refractivity contribution in [2.75, 3.05) is 0 Å². The summed E-state index contributed by atoms with van der Waals surface area (Å²) in [4.78, 5) is 0. The quantitative estimate of drug-likeness (QED) is 0.693. The van der Waals surface area contributed by atoms with Crippen LogP contribution in [0.3, 0.4) is 0 Å². The minimum absolute atomic E-state index is 0.637. The molecule has 4 nitrogen and oxygen atoms in total. The van der Waals surface area contributed by atoms with Gasteiger partial charge in [-0.15, -0.1) is 5.10 Å². The zero-order valence-corrected chi connectivity index (χ0v) is 7.73. The fraction of sp³-hybridized carbons (Fsp3) is 0.125. The predicted octanol–water partition coefficient (Wildman–Crippen LogP) is 1.62. The van der Waals surface area contributed by atoms with Crippen LogP contribution in [0.1, 0.15) is 5.82 Å². The second kappa shape index (κ2) is 3.14. The van der Waals surface area contributed by atoms with E-state index in [0.29, 0.717) is 10.8 Å². The first-order chi connectivity index (χ1) is 6.29. The van der Waals surface area contributed by atoms with Crippen molar-refractivity contribution >= 4 is 11.6 Å². The molecule has 1 heterocycles. The van der Waals surface area contributed by atoms with E-state index in [1.807, 2.05) is 25.1 Å². The van der Waals surface area contributed by atoms with E-state index in [9.17, 15) is 0 Å². The third-order valence-corrected chi connectivity index (χ3v) is 2.03. The summed E-state index contributed by atoms with van der Waals surface area (Å²) in [5.74, 6) is 0.716. The highest BCUT2D eigenvalue weighted by Crippen LogP contribution is 2.18. The fourth-order valence-corrected chi connectivity index (χ4v) is 1.29. The summed E-state index contributed by atoms with van der Waals surface area (Å²) in [6.45, 7) is 1.82. The van der Waals surface area contributed by atoms with Gasteiger partial charge < -0.3 is 0 Å². The van der Waals surface area contributed by atoms with E-state index in [-0.39, 0.29) is 0 Å². The molecule has 66 valence electrons. The Balaban J connectivity index is 2.59. The molecule has 0 bridgehead atoms. The van der Waals surface area contributed by atoms with Gasteiger partial charge in [-0.2, -0.15) is 4.68 Å². The van der Waals surface area contributed by atoms with Crippen LogP contribution in [0.15, 0.2) is 24.3 Å². The van der Waals surface area contributed by atoms with Crippen LogP contribution < -0.4 is 0 Å². The van der Waals surface area contributed by atoms with Crippen molar-refractivity contribution < 1.29 is 0 Å². The van der Waals surface area contributed by atoms with Gasteiger partial charge in [-0.1, -0.05) is 23.7 Å². The van der Waals surface area contributed by atoms with Crippen LogP contribution >= 0.6 is 11.6 Å². The third-order valence-electron chi connectivity index (χ3n) is 1.71. The molecule has 0 aliphatic rings. The van der Waals surface area contributed by atoms with Gasteiger partial charge in [0.2, 0.25) is 0 Å². The Morgan fingerprint density at radius 3 is 2.69 bits per heavy atom. The van der Waals surface area contributed by atoms with Crippen molar-refractivity contribution in [3.8, 4) is 5.69 Å². The molecule has 0 aliphatic carbocycles. The number of aryl methyl sites for hydroxylation is 1. The topological polar surface area (TPSA) is 43.6 Å². The van der Waals surface area contributed by atoms with Crippen LogP contribution in [0, 0.1) is 6.92 Å². The molecule has 0 N–H and O–H groups in total. The maximum atomic E-state index is 5.97. The number of benzene rings is 1. The lowest BCUT2D eigenvalue weighted by atomic mass is 10.3. The Hall–Kier alpha value is -1.42. The molecule has 0 spiro atoms. The number of aromatic nitrogens is 4. The fourth-order valence-electron chi connectivity index (χ4n) is 1.08. The van der Waals surface area contributed by atoms with Crippen molar-refractivity contribution in [2.45, 2.75) is 6.92 Å². The van der Waals surface area contributed by atoms with Gasteiger partial charge in [0.25, 0.3) is 0 Å². The Kier molecular flexibility index (Phi) is 1.98. The van der Waals surface area contributed by atoms with E-state index in [2.05, 4.69) is 15.5 Å². The Bertz CT molecular complexity index is 424. The minimum Gasteiger partial charge on any atom is -0.196 e. The maximum Gasteiger partial charge on any atom is 0.153 e. The molecule has 1 aromatic carbocycles. The molecule has 0 fully saturated rings. The van der Waals surface area contributed by atoms with Crippen LogP contribution in [0.5, 0.6) is 0 Å². The monoisotopic (exact) mass is 194 g/mol. The summed E-state index contributed by atoms with van der Waals surface area (Å²) in [5, 5.41) is 11.8. The molecule has 1 aromatic heterocycles. The van der Waals surface area contributed by atoms with Gasteiger partial charge >= 0.3 is 0 Å². The highest BCUT2D eigenvalue weighted by molar-refractivity contribution is 6.32. The van der Waals surface area contributed by atoms with Gasteiger partial charge in [0.05, 0.1) is 10.7 Å². The average molecular weight is 195 g/mol. The number of para-hydroxylation sites is 1. The first-order valence-electron chi connectivity index (χ1n) is 3.79. The molecule has 0 aliphatic heterocycles. The van der Waals surface area contributed by atoms with Gasteiger partial charge in [0.15, 0.2) is 5.82 Å². The Morgan fingerprint density at radius 2 is 2.08 bits per heavy atom. The number of rotatable bonds is 1. The largest absolute Gasteiger partial charge is 0.196 e.